The predicted octanol–water partition coefficient (Wildman–Crippen LogP) is 3.73. The average molecular weight is 413 g/mol. The molecule has 2 atom stereocenters. The van der Waals surface area contributed by atoms with Gasteiger partial charge >= 0.3 is 12.1 Å². The molecule has 7 heteroatoms. The molecule has 0 spiro atoms. The number of rotatable bonds is 9. The summed E-state index contributed by atoms with van der Waals surface area (Å²) in [5.41, 5.74) is 0.146. The second-order valence-corrected chi connectivity index (χ2v) is 6.92. The van der Waals surface area contributed by atoms with Gasteiger partial charge in [-0.1, -0.05) is 42.5 Å². The average Bonchev–Trinajstić information content (AvgIpc) is 3.03. The van der Waals surface area contributed by atoms with E-state index in [1.165, 1.54) is 12.0 Å². The third kappa shape index (κ3) is 4.11. The van der Waals surface area contributed by atoms with E-state index < -0.39 is 23.7 Å². The van der Waals surface area contributed by atoms with Crippen LogP contribution in [0.15, 0.2) is 54.6 Å². The van der Waals surface area contributed by atoms with Gasteiger partial charge in [-0.15, -0.1) is 0 Å². The Balaban J connectivity index is 2.09. The number of nitrogens with zero attached hydrogens (tertiary/aromatic N) is 1. The third-order valence-corrected chi connectivity index (χ3v) is 5.05. The molecule has 3 rings (SSSR count). The van der Waals surface area contributed by atoms with Gasteiger partial charge in [0.1, 0.15) is 12.5 Å². The van der Waals surface area contributed by atoms with Crippen LogP contribution in [0, 0.1) is 0 Å². The summed E-state index contributed by atoms with van der Waals surface area (Å²) < 4.78 is 21.9. The van der Waals surface area contributed by atoms with Crippen LogP contribution in [0.4, 0.5) is 4.79 Å². The zero-order valence-corrected chi connectivity index (χ0v) is 17.5. The number of hydrogen-bond donors (Lipinski definition) is 0. The highest BCUT2D eigenvalue weighted by atomic mass is 16.6. The molecule has 0 bridgehead atoms. The summed E-state index contributed by atoms with van der Waals surface area (Å²) in [5, 5.41) is 0. The highest BCUT2D eigenvalue weighted by Crippen LogP contribution is 2.44. The van der Waals surface area contributed by atoms with Crippen LogP contribution in [-0.4, -0.2) is 49.6 Å². The number of amides is 1. The van der Waals surface area contributed by atoms with E-state index in [0.29, 0.717) is 12.2 Å². The molecule has 1 saturated heterocycles. The number of hydrogen-bond acceptors (Lipinski definition) is 6. The number of carbonyl (C=O) groups excluding carboxylic acids is 2. The highest BCUT2D eigenvalue weighted by molar-refractivity contribution is 5.90. The molecule has 1 fully saturated rings. The van der Waals surface area contributed by atoms with E-state index in [4.69, 9.17) is 18.9 Å². The molecule has 1 heterocycles. The number of methoxy groups -OCH3 is 1. The first kappa shape index (κ1) is 21.6. The van der Waals surface area contributed by atoms with Gasteiger partial charge in [-0.3, -0.25) is 4.90 Å². The summed E-state index contributed by atoms with van der Waals surface area (Å²) in [6, 6.07) is 16.7. The maximum atomic E-state index is 13.4. The molecule has 0 aliphatic carbocycles. The van der Waals surface area contributed by atoms with Gasteiger partial charge in [-0.2, -0.15) is 0 Å². The van der Waals surface area contributed by atoms with Crippen LogP contribution in [0.2, 0.25) is 0 Å². The van der Waals surface area contributed by atoms with Gasteiger partial charge in [-0.25, -0.2) is 9.59 Å². The van der Waals surface area contributed by atoms with Crippen molar-refractivity contribution in [2.45, 2.75) is 31.9 Å². The second-order valence-electron chi connectivity index (χ2n) is 6.92. The van der Waals surface area contributed by atoms with Crippen molar-refractivity contribution < 1.29 is 28.5 Å². The molecule has 2 aromatic carbocycles. The Morgan fingerprint density at radius 1 is 1.07 bits per heavy atom. The van der Waals surface area contributed by atoms with Crippen molar-refractivity contribution in [3.63, 3.8) is 0 Å². The first-order chi connectivity index (χ1) is 14.6. The number of benzene rings is 2. The highest BCUT2D eigenvalue weighted by Gasteiger charge is 2.61. The van der Waals surface area contributed by atoms with Gasteiger partial charge < -0.3 is 18.9 Å². The van der Waals surface area contributed by atoms with E-state index in [0.717, 1.165) is 11.3 Å². The lowest BCUT2D eigenvalue weighted by Gasteiger charge is -2.36. The monoisotopic (exact) mass is 413 g/mol. The summed E-state index contributed by atoms with van der Waals surface area (Å²) in [6.45, 7) is 4.29. The number of esters is 1. The van der Waals surface area contributed by atoms with Crippen molar-refractivity contribution in [2.75, 3.05) is 27.1 Å². The smallest absolute Gasteiger partial charge is 0.413 e. The summed E-state index contributed by atoms with van der Waals surface area (Å²) in [4.78, 5) is 27.5. The molecule has 0 unspecified atom stereocenters. The normalized spacial score (nSPS) is 20.7. The Kier molecular flexibility index (Phi) is 6.95. The molecule has 7 nitrogen and oxygen atoms in total. The molecule has 1 aliphatic rings. The summed E-state index contributed by atoms with van der Waals surface area (Å²) in [5.74, 6) is 0.203. The topological polar surface area (TPSA) is 74.3 Å². The standard InChI is InChI=1S/C23H27NO6/c1-4-28-19-13-11-17(12-14-19)15-23(21(25)29-5-2)20(18-9-7-6-8-10-18)30-22(26)24(23)16-27-3/h6-14,20H,4-5,15-16H2,1-3H3/t20-,23-/m0/s1. The van der Waals surface area contributed by atoms with E-state index in [-0.39, 0.29) is 19.8 Å². The van der Waals surface area contributed by atoms with Gasteiger partial charge in [0.15, 0.2) is 11.6 Å². The van der Waals surface area contributed by atoms with Crippen molar-refractivity contribution >= 4 is 12.1 Å². The zero-order chi connectivity index (χ0) is 21.6. The lowest BCUT2D eigenvalue weighted by molar-refractivity contribution is -0.160. The Morgan fingerprint density at radius 2 is 1.77 bits per heavy atom. The quantitative estimate of drug-likeness (QED) is 0.583. The number of carbonyl (C=O) groups is 2. The third-order valence-electron chi connectivity index (χ3n) is 5.05. The largest absolute Gasteiger partial charge is 0.494 e. The van der Waals surface area contributed by atoms with Crippen molar-refractivity contribution in [1.82, 2.24) is 4.90 Å². The number of ether oxygens (including phenoxy) is 4. The minimum atomic E-state index is -1.41. The molecule has 30 heavy (non-hydrogen) atoms. The van der Waals surface area contributed by atoms with Crippen molar-refractivity contribution in [2.24, 2.45) is 0 Å². The molecular weight excluding hydrogens is 386 g/mol. The molecule has 160 valence electrons. The maximum absolute atomic E-state index is 13.4. The van der Waals surface area contributed by atoms with E-state index in [2.05, 4.69) is 0 Å². The van der Waals surface area contributed by atoms with Crippen LogP contribution < -0.4 is 4.74 Å². The Bertz CT molecular complexity index is 854. The molecule has 0 N–H and O–H groups in total. The van der Waals surface area contributed by atoms with Gasteiger partial charge in [-0.05, 0) is 37.1 Å². The SMILES string of the molecule is CCOC(=O)[C@]1(Cc2ccc(OCC)cc2)[C@H](c2ccccc2)OC(=O)N1COC. The van der Waals surface area contributed by atoms with Crippen LogP contribution in [-0.2, 0) is 25.4 Å². The van der Waals surface area contributed by atoms with Gasteiger partial charge in [0.25, 0.3) is 0 Å². The predicted molar refractivity (Wildman–Crippen MR) is 110 cm³/mol. The van der Waals surface area contributed by atoms with Crippen LogP contribution in [0.25, 0.3) is 0 Å². The molecule has 2 aromatic rings. The first-order valence-electron chi connectivity index (χ1n) is 9.97. The van der Waals surface area contributed by atoms with Gasteiger partial charge in [0.2, 0.25) is 0 Å². The molecule has 1 amide bonds. The molecular formula is C23H27NO6. The van der Waals surface area contributed by atoms with Crippen LogP contribution in [0.1, 0.15) is 31.1 Å². The maximum Gasteiger partial charge on any atom is 0.413 e. The van der Waals surface area contributed by atoms with Crippen LogP contribution >= 0.6 is 0 Å². The second kappa shape index (κ2) is 9.63. The lowest BCUT2D eigenvalue weighted by Crippen LogP contribution is -2.57. The molecule has 0 saturated carbocycles. The van der Waals surface area contributed by atoms with Crippen LogP contribution in [0.5, 0.6) is 5.75 Å². The summed E-state index contributed by atoms with van der Waals surface area (Å²) in [6.07, 6.45) is -1.26. The van der Waals surface area contributed by atoms with E-state index in [1.807, 2.05) is 61.5 Å². The lowest BCUT2D eigenvalue weighted by atomic mass is 9.81. The summed E-state index contributed by atoms with van der Waals surface area (Å²) >= 11 is 0. The Labute approximate surface area is 176 Å². The summed E-state index contributed by atoms with van der Waals surface area (Å²) in [7, 11) is 1.47. The van der Waals surface area contributed by atoms with E-state index in [1.54, 1.807) is 6.92 Å². The fourth-order valence-corrected chi connectivity index (χ4v) is 3.75. The first-order valence-corrected chi connectivity index (χ1v) is 9.97. The van der Waals surface area contributed by atoms with Gasteiger partial charge in [0.05, 0.1) is 13.2 Å². The Hall–Kier alpha value is -3.06. The van der Waals surface area contributed by atoms with Crippen LogP contribution in [0.3, 0.4) is 0 Å². The molecule has 0 aromatic heterocycles. The minimum absolute atomic E-state index is 0.0992. The number of cyclic esters (lactones) is 1. The van der Waals surface area contributed by atoms with Crippen molar-refractivity contribution in [3.05, 3.63) is 65.7 Å². The molecule has 0 radical (unpaired) electrons. The minimum Gasteiger partial charge on any atom is -0.494 e. The zero-order valence-electron chi connectivity index (χ0n) is 17.5. The molecule has 1 aliphatic heterocycles. The van der Waals surface area contributed by atoms with E-state index in [9.17, 15) is 9.59 Å². The van der Waals surface area contributed by atoms with E-state index >= 15 is 0 Å². The Morgan fingerprint density at radius 3 is 2.37 bits per heavy atom. The van der Waals surface area contributed by atoms with Gasteiger partial charge in [0, 0.05) is 13.5 Å². The fraction of sp³-hybridized carbons (Fsp3) is 0.391. The van der Waals surface area contributed by atoms with Crippen molar-refractivity contribution in [3.8, 4) is 5.75 Å². The van der Waals surface area contributed by atoms with Crippen molar-refractivity contribution in [1.29, 1.82) is 0 Å². The fourth-order valence-electron chi connectivity index (χ4n) is 3.75.